The Balaban J connectivity index is 1.48. The van der Waals surface area contributed by atoms with Crippen LogP contribution in [-0.2, 0) is 18.8 Å². The van der Waals surface area contributed by atoms with E-state index >= 15 is 0 Å². The summed E-state index contributed by atoms with van der Waals surface area (Å²) in [5.41, 5.74) is 0.557. The molecule has 4 aliphatic rings. The Hall–Kier alpha value is -2.59. The lowest BCUT2D eigenvalue weighted by Gasteiger charge is -2.64. The number of nitrogens with one attached hydrogen (secondary N) is 3. The molecule has 1 aromatic rings. The molecule has 3 saturated carbocycles. The molecule has 0 spiro atoms. The summed E-state index contributed by atoms with van der Waals surface area (Å²) in [4.78, 5) is 39.2. The smallest absolute Gasteiger partial charge is 0.444 e. The lowest BCUT2D eigenvalue weighted by atomic mass is 9.43. The molecule has 1 saturated heterocycles. The van der Waals surface area contributed by atoms with Gasteiger partial charge in [0.2, 0.25) is 5.91 Å². The maximum absolute atomic E-state index is 13.7. The van der Waals surface area contributed by atoms with Gasteiger partial charge >= 0.3 is 13.2 Å². The van der Waals surface area contributed by atoms with Crippen molar-refractivity contribution in [3.63, 3.8) is 0 Å². The van der Waals surface area contributed by atoms with Gasteiger partial charge in [-0.1, -0.05) is 45.4 Å². The molecule has 5 rings (SSSR count). The fourth-order valence-corrected chi connectivity index (χ4v) is 6.76. The molecule has 2 bridgehead atoms. The van der Waals surface area contributed by atoms with Crippen molar-refractivity contribution in [2.45, 2.75) is 111 Å². The molecule has 1 heterocycles. The van der Waals surface area contributed by atoms with Crippen LogP contribution in [0.5, 0.6) is 0 Å². The highest BCUT2D eigenvalue weighted by Gasteiger charge is 2.68. The summed E-state index contributed by atoms with van der Waals surface area (Å²) in [6.07, 6.45) is 1.97. The second-order valence-corrected chi connectivity index (χ2v) is 14.4. The number of hydrogen-bond acceptors (Lipinski definition) is 6. The van der Waals surface area contributed by atoms with E-state index in [0.717, 1.165) is 18.4 Å². The standard InChI is InChI=1S/C31H48BN3O6/c1-18(2)14-25(32-40-24-16-21-15-23(30(21,7)8)31(24,9)41-32)35-27(37)22(34-28(38)39-29(4,5)6)17-33-26(36)20-12-10-19(3)11-13-20/h10-13,18,21-25H,14-17H2,1-9H3,(H,33,36)(H,34,38)(H,35,37)/t21-,22-,23-,24?,25-,31-/m0/s1. The molecule has 0 aromatic heterocycles. The van der Waals surface area contributed by atoms with Gasteiger partial charge in [-0.05, 0) is 89.2 Å². The average molecular weight is 570 g/mol. The quantitative estimate of drug-likeness (QED) is 0.380. The van der Waals surface area contributed by atoms with Crippen LogP contribution in [-0.4, -0.2) is 60.9 Å². The molecule has 4 fully saturated rings. The Kier molecular flexibility index (Phi) is 8.87. The molecule has 1 aromatic carbocycles. The first-order valence-electron chi connectivity index (χ1n) is 15.0. The van der Waals surface area contributed by atoms with Crippen molar-refractivity contribution in [1.29, 1.82) is 0 Å². The summed E-state index contributed by atoms with van der Waals surface area (Å²) in [6.45, 7) is 18.0. The Morgan fingerprint density at radius 2 is 1.73 bits per heavy atom. The average Bonchev–Trinajstić information content (AvgIpc) is 3.22. The van der Waals surface area contributed by atoms with E-state index < -0.39 is 42.3 Å². The van der Waals surface area contributed by atoms with E-state index in [-0.39, 0.29) is 29.9 Å². The van der Waals surface area contributed by atoms with Crippen molar-refractivity contribution < 1.29 is 28.4 Å². The van der Waals surface area contributed by atoms with Crippen molar-refractivity contribution in [2.24, 2.45) is 23.2 Å². The van der Waals surface area contributed by atoms with Crippen LogP contribution in [0, 0.1) is 30.1 Å². The number of aryl methyl sites for hydroxylation is 1. The minimum absolute atomic E-state index is 0.0136. The van der Waals surface area contributed by atoms with Gasteiger partial charge in [-0.25, -0.2) is 4.79 Å². The third-order valence-electron chi connectivity index (χ3n) is 9.14. The summed E-state index contributed by atoms with van der Waals surface area (Å²) in [6, 6.07) is 6.07. The number of rotatable bonds is 9. The van der Waals surface area contributed by atoms with Gasteiger partial charge in [-0.15, -0.1) is 0 Å². The summed E-state index contributed by atoms with van der Waals surface area (Å²) < 4.78 is 18.6. The van der Waals surface area contributed by atoms with Crippen LogP contribution in [0.15, 0.2) is 24.3 Å². The minimum Gasteiger partial charge on any atom is -0.444 e. The molecule has 6 atom stereocenters. The Morgan fingerprint density at radius 3 is 2.32 bits per heavy atom. The lowest BCUT2D eigenvalue weighted by Crippen LogP contribution is -2.65. The summed E-state index contributed by atoms with van der Waals surface area (Å²) in [5, 5.41) is 8.53. The van der Waals surface area contributed by atoms with Gasteiger partial charge < -0.3 is 30.0 Å². The highest BCUT2D eigenvalue weighted by atomic mass is 16.7. The second kappa shape index (κ2) is 11.6. The number of benzene rings is 1. The monoisotopic (exact) mass is 569 g/mol. The summed E-state index contributed by atoms with van der Waals surface area (Å²) in [7, 11) is -0.601. The number of ether oxygens (including phenoxy) is 1. The first-order chi connectivity index (χ1) is 19.0. The lowest BCUT2D eigenvalue weighted by molar-refractivity contribution is -0.199. The highest BCUT2D eigenvalue weighted by molar-refractivity contribution is 6.48. The molecule has 1 aliphatic heterocycles. The van der Waals surface area contributed by atoms with E-state index in [0.29, 0.717) is 23.8 Å². The molecule has 10 heteroatoms. The fraction of sp³-hybridized carbons (Fsp3) is 0.710. The van der Waals surface area contributed by atoms with Gasteiger partial charge in [-0.2, -0.15) is 0 Å². The van der Waals surface area contributed by atoms with E-state index in [4.69, 9.17) is 14.0 Å². The number of hydrogen-bond donors (Lipinski definition) is 3. The molecular weight excluding hydrogens is 521 g/mol. The van der Waals surface area contributed by atoms with Crippen LogP contribution in [0.1, 0.15) is 90.6 Å². The molecule has 1 unspecified atom stereocenters. The van der Waals surface area contributed by atoms with Gasteiger partial charge in [0.05, 0.1) is 17.6 Å². The maximum Gasteiger partial charge on any atom is 0.481 e. The zero-order chi connectivity index (χ0) is 30.3. The van der Waals surface area contributed by atoms with Crippen molar-refractivity contribution in [2.75, 3.05) is 6.54 Å². The van der Waals surface area contributed by atoms with Crippen LogP contribution in [0.3, 0.4) is 0 Å². The highest BCUT2D eigenvalue weighted by Crippen LogP contribution is 2.65. The predicted octanol–water partition coefficient (Wildman–Crippen LogP) is 4.42. The number of carbonyl (C=O) groups is 3. The normalized spacial score (nSPS) is 27.8. The molecular formula is C31H48BN3O6. The predicted molar refractivity (Wildman–Crippen MR) is 158 cm³/mol. The first-order valence-corrected chi connectivity index (χ1v) is 15.0. The molecule has 9 nitrogen and oxygen atoms in total. The first kappa shape index (κ1) is 31.4. The SMILES string of the molecule is Cc1ccc(C(=O)NC[C@H](NC(=O)OC(C)(C)C)C(=O)N[C@@H](CC(C)C)B2OC3C[C@@H]4C[C@@H](C4(C)C)[C@]3(C)O2)cc1. The minimum atomic E-state index is -1.07. The van der Waals surface area contributed by atoms with Crippen molar-refractivity contribution >= 4 is 25.0 Å². The van der Waals surface area contributed by atoms with E-state index in [1.807, 2.05) is 19.1 Å². The van der Waals surface area contributed by atoms with Crippen LogP contribution >= 0.6 is 0 Å². The zero-order valence-electron chi connectivity index (χ0n) is 26.1. The summed E-state index contributed by atoms with van der Waals surface area (Å²) >= 11 is 0. The molecule has 226 valence electrons. The summed E-state index contributed by atoms with van der Waals surface area (Å²) in [5.74, 6) is 0.0620. The van der Waals surface area contributed by atoms with Crippen LogP contribution in [0.2, 0.25) is 0 Å². The van der Waals surface area contributed by atoms with Gasteiger partial charge in [0.25, 0.3) is 5.91 Å². The Labute approximate surface area is 245 Å². The second-order valence-electron chi connectivity index (χ2n) is 14.4. The Morgan fingerprint density at radius 1 is 1.07 bits per heavy atom. The number of alkyl carbamates (subject to hydrolysis) is 1. The zero-order valence-corrected chi connectivity index (χ0v) is 26.1. The van der Waals surface area contributed by atoms with Gasteiger partial charge in [0.15, 0.2) is 0 Å². The molecule has 3 N–H and O–H groups in total. The third kappa shape index (κ3) is 6.91. The van der Waals surface area contributed by atoms with E-state index in [9.17, 15) is 14.4 Å². The molecule has 0 radical (unpaired) electrons. The van der Waals surface area contributed by atoms with E-state index in [1.54, 1.807) is 32.9 Å². The largest absolute Gasteiger partial charge is 0.481 e. The van der Waals surface area contributed by atoms with Crippen molar-refractivity contribution in [3.8, 4) is 0 Å². The fourth-order valence-electron chi connectivity index (χ4n) is 6.76. The Bertz CT molecular complexity index is 1130. The van der Waals surface area contributed by atoms with Gasteiger partial charge in [0, 0.05) is 12.1 Å². The van der Waals surface area contributed by atoms with Crippen LogP contribution < -0.4 is 16.0 Å². The maximum atomic E-state index is 13.7. The van der Waals surface area contributed by atoms with E-state index in [1.165, 1.54) is 0 Å². The van der Waals surface area contributed by atoms with Crippen molar-refractivity contribution in [1.82, 2.24) is 16.0 Å². The third-order valence-corrected chi connectivity index (χ3v) is 9.14. The number of carbonyl (C=O) groups excluding carboxylic acids is 3. The molecule has 41 heavy (non-hydrogen) atoms. The van der Waals surface area contributed by atoms with E-state index in [2.05, 4.69) is 50.6 Å². The van der Waals surface area contributed by atoms with Crippen molar-refractivity contribution in [3.05, 3.63) is 35.4 Å². The molecule has 3 aliphatic carbocycles. The molecule has 3 amide bonds. The topological polar surface area (TPSA) is 115 Å². The van der Waals surface area contributed by atoms with Crippen LogP contribution in [0.25, 0.3) is 0 Å². The number of amides is 3. The van der Waals surface area contributed by atoms with Gasteiger partial charge in [0.1, 0.15) is 11.6 Å². The van der Waals surface area contributed by atoms with Crippen LogP contribution in [0.4, 0.5) is 4.79 Å². The van der Waals surface area contributed by atoms with Gasteiger partial charge in [-0.3, -0.25) is 9.59 Å².